The Bertz CT molecular complexity index is 368. The molecular weight excluding hydrogens is 292 g/mol. The molecule has 1 rings (SSSR count). The fourth-order valence-corrected chi connectivity index (χ4v) is 2.50. The molecule has 0 amide bonds. The maximum atomic E-state index is 10.5. The molecule has 1 N–H and O–H groups in total. The standard InChI is InChI=1S/C19H32O4/c1-2-3-4-7-12-17(23-19-15-10-11-16-22-19)13-8-5-6-9-14-18(20)21/h5,8,12,19H,2-4,6-7,9-11,13-16H2,1H3,(H,20,21)/b8-5-,17-12-/t19-/m1/s1. The molecule has 0 unspecified atom stereocenters. The van der Waals surface area contributed by atoms with Gasteiger partial charge >= 0.3 is 5.97 Å². The molecule has 1 heterocycles. The van der Waals surface area contributed by atoms with E-state index in [1.54, 1.807) is 0 Å². The zero-order valence-corrected chi connectivity index (χ0v) is 14.5. The number of hydrogen-bond acceptors (Lipinski definition) is 3. The third kappa shape index (κ3) is 11.0. The van der Waals surface area contributed by atoms with Gasteiger partial charge in [0, 0.05) is 19.3 Å². The van der Waals surface area contributed by atoms with Gasteiger partial charge in [-0.2, -0.15) is 0 Å². The van der Waals surface area contributed by atoms with Crippen molar-refractivity contribution in [3.63, 3.8) is 0 Å². The van der Waals surface area contributed by atoms with E-state index in [0.717, 1.165) is 44.5 Å². The highest BCUT2D eigenvalue weighted by Crippen LogP contribution is 2.19. The molecule has 132 valence electrons. The van der Waals surface area contributed by atoms with Gasteiger partial charge in [0.1, 0.15) is 0 Å². The fourth-order valence-electron chi connectivity index (χ4n) is 2.50. The molecule has 0 aromatic carbocycles. The number of ether oxygens (including phenoxy) is 2. The van der Waals surface area contributed by atoms with Crippen molar-refractivity contribution in [2.75, 3.05) is 6.61 Å². The third-order valence-electron chi connectivity index (χ3n) is 3.85. The van der Waals surface area contributed by atoms with Crippen molar-refractivity contribution in [3.05, 3.63) is 24.0 Å². The van der Waals surface area contributed by atoms with E-state index >= 15 is 0 Å². The second-order valence-electron chi connectivity index (χ2n) is 6.04. The van der Waals surface area contributed by atoms with Crippen LogP contribution in [0.15, 0.2) is 24.0 Å². The Morgan fingerprint density at radius 3 is 2.78 bits per heavy atom. The second-order valence-corrected chi connectivity index (χ2v) is 6.04. The van der Waals surface area contributed by atoms with Gasteiger partial charge in [-0.05, 0) is 44.6 Å². The number of carboxylic acids is 1. The van der Waals surface area contributed by atoms with Gasteiger partial charge in [0.2, 0.25) is 0 Å². The molecule has 1 fully saturated rings. The highest BCUT2D eigenvalue weighted by Gasteiger charge is 2.15. The van der Waals surface area contributed by atoms with Crippen molar-refractivity contribution in [3.8, 4) is 0 Å². The Labute approximate surface area is 140 Å². The van der Waals surface area contributed by atoms with Crippen LogP contribution >= 0.6 is 0 Å². The summed E-state index contributed by atoms with van der Waals surface area (Å²) in [4.78, 5) is 10.5. The second kappa shape index (κ2) is 13.2. The van der Waals surface area contributed by atoms with Crippen LogP contribution < -0.4 is 0 Å². The van der Waals surface area contributed by atoms with E-state index in [0.29, 0.717) is 6.42 Å². The quantitative estimate of drug-likeness (QED) is 0.305. The average Bonchev–Trinajstić information content (AvgIpc) is 2.55. The molecule has 1 saturated heterocycles. The molecule has 0 spiro atoms. The lowest BCUT2D eigenvalue weighted by Crippen LogP contribution is -2.21. The predicted octanol–water partition coefficient (Wildman–Crippen LogP) is 5.20. The van der Waals surface area contributed by atoms with Crippen LogP contribution in [0.2, 0.25) is 0 Å². The maximum Gasteiger partial charge on any atom is 0.303 e. The summed E-state index contributed by atoms with van der Waals surface area (Å²) in [6, 6.07) is 0. The molecule has 1 atom stereocenters. The molecule has 0 aromatic heterocycles. The zero-order chi connectivity index (χ0) is 16.8. The van der Waals surface area contributed by atoms with E-state index in [4.69, 9.17) is 14.6 Å². The SMILES string of the molecule is CCCCC/C=C(/C/C=C\CCCC(=O)O)O[C@@H]1CCCCO1. The predicted molar refractivity (Wildman–Crippen MR) is 92.1 cm³/mol. The van der Waals surface area contributed by atoms with Crippen LogP contribution in [-0.4, -0.2) is 24.0 Å². The minimum atomic E-state index is -0.729. The molecule has 0 aliphatic carbocycles. The van der Waals surface area contributed by atoms with Crippen LogP contribution in [0.3, 0.4) is 0 Å². The summed E-state index contributed by atoms with van der Waals surface area (Å²) in [5.74, 6) is 0.259. The van der Waals surface area contributed by atoms with Crippen molar-refractivity contribution in [1.82, 2.24) is 0 Å². The molecule has 0 aromatic rings. The van der Waals surface area contributed by atoms with Gasteiger partial charge in [-0.3, -0.25) is 4.79 Å². The minimum absolute atomic E-state index is 0.0958. The van der Waals surface area contributed by atoms with Gasteiger partial charge in [-0.1, -0.05) is 31.9 Å². The van der Waals surface area contributed by atoms with Crippen molar-refractivity contribution >= 4 is 5.97 Å². The molecule has 4 nitrogen and oxygen atoms in total. The van der Waals surface area contributed by atoms with Gasteiger partial charge in [0.25, 0.3) is 0 Å². The smallest absolute Gasteiger partial charge is 0.303 e. The Morgan fingerprint density at radius 2 is 2.09 bits per heavy atom. The van der Waals surface area contributed by atoms with E-state index in [1.807, 2.05) is 6.08 Å². The van der Waals surface area contributed by atoms with Crippen LogP contribution in [0.25, 0.3) is 0 Å². The number of carbonyl (C=O) groups is 1. The molecule has 4 heteroatoms. The van der Waals surface area contributed by atoms with Crippen LogP contribution in [0, 0.1) is 0 Å². The highest BCUT2D eigenvalue weighted by atomic mass is 16.7. The third-order valence-corrected chi connectivity index (χ3v) is 3.85. The fraction of sp³-hybridized carbons (Fsp3) is 0.737. The first kappa shape index (κ1) is 19.8. The van der Waals surface area contributed by atoms with Gasteiger partial charge in [0.05, 0.1) is 12.4 Å². The topological polar surface area (TPSA) is 55.8 Å². The number of aliphatic carboxylic acids is 1. The van der Waals surface area contributed by atoms with Crippen molar-refractivity contribution < 1.29 is 19.4 Å². The van der Waals surface area contributed by atoms with Gasteiger partial charge < -0.3 is 14.6 Å². The normalized spacial score (nSPS) is 19.2. The summed E-state index contributed by atoms with van der Waals surface area (Å²) in [5, 5.41) is 8.61. The van der Waals surface area contributed by atoms with E-state index in [1.165, 1.54) is 25.7 Å². The van der Waals surface area contributed by atoms with Gasteiger partial charge in [-0.15, -0.1) is 0 Å². The van der Waals surface area contributed by atoms with Crippen LogP contribution in [0.5, 0.6) is 0 Å². The molecule has 1 aliphatic rings. The van der Waals surface area contributed by atoms with E-state index < -0.39 is 5.97 Å². The summed E-state index contributed by atoms with van der Waals surface area (Å²) >= 11 is 0. The highest BCUT2D eigenvalue weighted by molar-refractivity contribution is 5.66. The van der Waals surface area contributed by atoms with Gasteiger partial charge in [0.15, 0.2) is 6.29 Å². The molecule has 1 aliphatic heterocycles. The average molecular weight is 324 g/mol. The van der Waals surface area contributed by atoms with Crippen molar-refractivity contribution in [2.45, 2.75) is 83.8 Å². The number of rotatable bonds is 12. The van der Waals surface area contributed by atoms with E-state index in [-0.39, 0.29) is 12.7 Å². The Morgan fingerprint density at radius 1 is 1.22 bits per heavy atom. The van der Waals surface area contributed by atoms with E-state index in [2.05, 4.69) is 19.1 Å². The molecule has 0 saturated carbocycles. The molecule has 23 heavy (non-hydrogen) atoms. The first-order valence-electron chi connectivity index (χ1n) is 9.06. The monoisotopic (exact) mass is 324 g/mol. The first-order valence-corrected chi connectivity index (χ1v) is 9.06. The molecular formula is C19H32O4. The summed E-state index contributed by atoms with van der Waals surface area (Å²) in [6.07, 6.45) is 16.7. The minimum Gasteiger partial charge on any atom is -0.481 e. The Kier molecular flexibility index (Phi) is 11.3. The van der Waals surface area contributed by atoms with Crippen molar-refractivity contribution in [1.29, 1.82) is 0 Å². The lowest BCUT2D eigenvalue weighted by Gasteiger charge is -2.24. The van der Waals surface area contributed by atoms with Crippen LogP contribution in [0.4, 0.5) is 0 Å². The van der Waals surface area contributed by atoms with Crippen LogP contribution in [0.1, 0.15) is 77.6 Å². The van der Waals surface area contributed by atoms with Gasteiger partial charge in [-0.25, -0.2) is 0 Å². The first-order chi connectivity index (χ1) is 11.2. The number of hydrogen-bond donors (Lipinski definition) is 1. The Balaban J connectivity index is 2.36. The molecule has 0 radical (unpaired) electrons. The van der Waals surface area contributed by atoms with Crippen molar-refractivity contribution in [2.24, 2.45) is 0 Å². The number of allylic oxidation sites excluding steroid dienone is 3. The largest absolute Gasteiger partial charge is 0.481 e. The lowest BCUT2D eigenvalue weighted by molar-refractivity contribution is -0.139. The number of carboxylic acid groups (broad SMARTS) is 1. The number of unbranched alkanes of at least 4 members (excludes halogenated alkanes) is 4. The summed E-state index contributed by atoms with van der Waals surface area (Å²) in [5.41, 5.74) is 0. The molecule has 0 bridgehead atoms. The van der Waals surface area contributed by atoms with Crippen LogP contribution in [-0.2, 0) is 14.3 Å². The zero-order valence-electron chi connectivity index (χ0n) is 14.5. The summed E-state index contributed by atoms with van der Waals surface area (Å²) < 4.78 is 11.7. The summed E-state index contributed by atoms with van der Waals surface area (Å²) in [6.45, 7) is 3.00. The summed E-state index contributed by atoms with van der Waals surface area (Å²) in [7, 11) is 0. The maximum absolute atomic E-state index is 10.5. The van der Waals surface area contributed by atoms with E-state index in [9.17, 15) is 4.79 Å². The Hall–Kier alpha value is -1.29. The lowest BCUT2D eigenvalue weighted by atomic mass is 10.1.